The predicted molar refractivity (Wildman–Crippen MR) is 88.4 cm³/mol. The summed E-state index contributed by atoms with van der Waals surface area (Å²) >= 11 is 0. The van der Waals surface area contributed by atoms with Crippen molar-refractivity contribution in [2.75, 3.05) is 19.5 Å². The summed E-state index contributed by atoms with van der Waals surface area (Å²) in [5, 5.41) is 2.96. The van der Waals surface area contributed by atoms with Gasteiger partial charge < -0.3 is 14.8 Å². The molecule has 0 heterocycles. The van der Waals surface area contributed by atoms with Crippen molar-refractivity contribution in [3.8, 4) is 22.6 Å². The molecule has 1 N–H and O–H groups in total. The Bertz CT molecular complexity index is 643. The van der Waals surface area contributed by atoms with Crippen LogP contribution in [0, 0.1) is 5.92 Å². The van der Waals surface area contributed by atoms with E-state index in [4.69, 9.17) is 9.47 Å². The number of para-hydroxylation sites is 1. The predicted octanol–water partition coefficient (Wildman–Crippen LogP) is 3.97. The molecule has 0 radical (unpaired) electrons. The van der Waals surface area contributed by atoms with Crippen molar-refractivity contribution in [1.82, 2.24) is 0 Å². The first-order valence-corrected chi connectivity index (χ1v) is 7.19. The van der Waals surface area contributed by atoms with Crippen LogP contribution in [0.1, 0.15) is 13.8 Å². The fourth-order valence-corrected chi connectivity index (χ4v) is 2.20. The second-order valence-corrected chi connectivity index (χ2v) is 5.23. The van der Waals surface area contributed by atoms with Crippen LogP contribution in [0.4, 0.5) is 5.69 Å². The highest BCUT2D eigenvalue weighted by atomic mass is 16.5. The minimum Gasteiger partial charge on any atom is -0.496 e. The van der Waals surface area contributed by atoms with Crippen LogP contribution in [0.15, 0.2) is 42.5 Å². The lowest BCUT2D eigenvalue weighted by Crippen LogP contribution is -2.18. The smallest absolute Gasteiger partial charge is 0.226 e. The van der Waals surface area contributed by atoms with E-state index in [1.165, 1.54) is 0 Å². The van der Waals surface area contributed by atoms with Gasteiger partial charge in [-0.3, -0.25) is 4.79 Å². The number of carbonyl (C=O) groups excluding carboxylic acids is 1. The van der Waals surface area contributed by atoms with Gasteiger partial charge in [0.15, 0.2) is 0 Å². The lowest BCUT2D eigenvalue weighted by molar-refractivity contribution is -0.118. The van der Waals surface area contributed by atoms with Gasteiger partial charge in [0.05, 0.1) is 19.8 Å². The Morgan fingerprint density at radius 3 is 2.09 bits per heavy atom. The van der Waals surface area contributed by atoms with E-state index in [0.29, 0.717) is 11.5 Å². The molecule has 4 nitrogen and oxygen atoms in total. The Balaban J connectivity index is 2.56. The molecule has 0 spiro atoms. The first-order valence-electron chi connectivity index (χ1n) is 7.19. The zero-order chi connectivity index (χ0) is 16.1. The average Bonchev–Trinajstić information content (AvgIpc) is 2.54. The van der Waals surface area contributed by atoms with E-state index < -0.39 is 0 Å². The SMILES string of the molecule is COc1cccc(OC)c1-c1ccccc1NC(=O)C(C)C. The Morgan fingerprint density at radius 1 is 0.955 bits per heavy atom. The minimum atomic E-state index is -0.0902. The summed E-state index contributed by atoms with van der Waals surface area (Å²) in [6, 6.07) is 13.2. The van der Waals surface area contributed by atoms with E-state index in [-0.39, 0.29) is 11.8 Å². The van der Waals surface area contributed by atoms with E-state index in [9.17, 15) is 4.79 Å². The van der Waals surface area contributed by atoms with Gasteiger partial charge in [-0.2, -0.15) is 0 Å². The molecule has 2 aromatic rings. The molecule has 0 atom stereocenters. The van der Waals surface area contributed by atoms with Crippen molar-refractivity contribution in [2.45, 2.75) is 13.8 Å². The maximum Gasteiger partial charge on any atom is 0.226 e. The van der Waals surface area contributed by atoms with Gasteiger partial charge in [0, 0.05) is 17.2 Å². The average molecular weight is 299 g/mol. The first kappa shape index (κ1) is 15.9. The molecule has 0 saturated carbocycles. The monoisotopic (exact) mass is 299 g/mol. The van der Waals surface area contributed by atoms with Gasteiger partial charge >= 0.3 is 0 Å². The second kappa shape index (κ2) is 6.98. The Kier molecular flexibility index (Phi) is 5.04. The number of nitrogens with one attached hydrogen (secondary N) is 1. The minimum absolute atomic E-state index is 0.0266. The van der Waals surface area contributed by atoms with E-state index in [0.717, 1.165) is 16.8 Å². The van der Waals surface area contributed by atoms with Crippen molar-refractivity contribution in [3.05, 3.63) is 42.5 Å². The van der Waals surface area contributed by atoms with Gasteiger partial charge in [-0.15, -0.1) is 0 Å². The topological polar surface area (TPSA) is 47.6 Å². The zero-order valence-electron chi connectivity index (χ0n) is 13.3. The van der Waals surface area contributed by atoms with Crippen LogP contribution in [0.25, 0.3) is 11.1 Å². The van der Waals surface area contributed by atoms with Gasteiger partial charge in [-0.1, -0.05) is 38.1 Å². The maximum absolute atomic E-state index is 12.0. The highest BCUT2D eigenvalue weighted by Crippen LogP contribution is 2.41. The van der Waals surface area contributed by atoms with E-state index in [1.807, 2.05) is 56.3 Å². The standard InChI is InChI=1S/C18H21NO3/c1-12(2)18(20)19-14-9-6-5-8-13(14)17-15(21-3)10-7-11-16(17)22-4/h5-12H,1-4H3,(H,19,20). The van der Waals surface area contributed by atoms with Crippen LogP contribution < -0.4 is 14.8 Å². The molecule has 2 aromatic carbocycles. The van der Waals surface area contributed by atoms with Crippen molar-refractivity contribution in [1.29, 1.82) is 0 Å². The Labute approximate surface area is 131 Å². The molecule has 1 amide bonds. The summed E-state index contributed by atoms with van der Waals surface area (Å²) in [5.74, 6) is 1.28. The molecule has 4 heteroatoms. The van der Waals surface area contributed by atoms with Crippen molar-refractivity contribution >= 4 is 11.6 Å². The third-order valence-electron chi connectivity index (χ3n) is 3.41. The van der Waals surface area contributed by atoms with Crippen molar-refractivity contribution < 1.29 is 14.3 Å². The molecule has 0 aliphatic heterocycles. The lowest BCUT2D eigenvalue weighted by atomic mass is 10.0. The summed E-state index contributed by atoms with van der Waals surface area (Å²) < 4.78 is 10.9. The number of methoxy groups -OCH3 is 2. The quantitative estimate of drug-likeness (QED) is 0.909. The van der Waals surface area contributed by atoms with Crippen LogP contribution in [0.5, 0.6) is 11.5 Å². The molecule has 116 valence electrons. The van der Waals surface area contributed by atoms with Gasteiger partial charge in [-0.05, 0) is 18.2 Å². The van der Waals surface area contributed by atoms with Gasteiger partial charge in [0.25, 0.3) is 0 Å². The summed E-state index contributed by atoms with van der Waals surface area (Å²) in [4.78, 5) is 12.0. The summed E-state index contributed by atoms with van der Waals surface area (Å²) in [7, 11) is 3.24. The summed E-state index contributed by atoms with van der Waals surface area (Å²) in [5.41, 5.74) is 2.43. The number of ether oxygens (including phenoxy) is 2. The van der Waals surface area contributed by atoms with Crippen LogP contribution in [-0.4, -0.2) is 20.1 Å². The molecule has 0 saturated heterocycles. The molecular weight excluding hydrogens is 278 g/mol. The number of anilines is 1. The fraction of sp³-hybridized carbons (Fsp3) is 0.278. The highest BCUT2D eigenvalue weighted by molar-refractivity contribution is 5.98. The summed E-state index contributed by atoms with van der Waals surface area (Å²) in [6.45, 7) is 3.73. The maximum atomic E-state index is 12.0. The molecule has 2 rings (SSSR count). The molecule has 0 aliphatic carbocycles. The number of benzene rings is 2. The molecular formula is C18H21NO3. The fourth-order valence-electron chi connectivity index (χ4n) is 2.20. The van der Waals surface area contributed by atoms with Crippen molar-refractivity contribution in [2.24, 2.45) is 5.92 Å². The summed E-state index contributed by atoms with van der Waals surface area (Å²) in [6.07, 6.45) is 0. The van der Waals surface area contributed by atoms with Gasteiger partial charge in [0.2, 0.25) is 5.91 Å². The first-order chi connectivity index (χ1) is 10.6. The molecule has 22 heavy (non-hydrogen) atoms. The molecule has 0 aromatic heterocycles. The molecule has 0 fully saturated rings. The third-order valence-corrected chi connectivity index (χ3v) is 3.41. The number of carbonyl (C=O) groups is 1. The van der Waals surface area contributed by atoms with E-state index in [2.05, 4.69) is 5.32 Å². The highest BCUT2D eigenvalue weighted by Gasteiger charge is 2.17. The van der Waals surface area contributed by atoms with Crippen LogP contribution in [-0.2, 0) is 4.79 Å². The van der Waals surface area contributed by atoms with E-state index in [1.54, 1.807) is 14.2 Å². The number of rotatable bonds is 5. The van der Waals surface area contributed by atoms with E-state index >= 15 is 0 Å². The van der Waals surface area contributed by atoms with Crippen molar-refractivity contribution in [3.63, 3.8) is 0 Å². The third kappa shape index (κ3) is 3.22. The Morgan fingerprint density at radius 2 is 1.55 bits per heavy atom. The molecule has 0 bridgehead atoms. The number of hydrogen-bond donors (Lipinski definition) is 1. The zero-order valence-corrected chi connectivity index (χ0v) is 13.3. The van der Waals surface area contributed by atoms with Crippen LogP contribution in [0.2, 0.25) is 0 Å². The molecule has 0 unspecified atom stereocenters. The van der Waals surface area contributed by atoms with Crippen LogP contribution in [0.3, 0.4) is 0 Å². The van der Waals surface area contributed by atoms with Crippen LogP contribution >= 0.6 is 0 Å². The largest absolute Gasteiger partial charge is 0.496 e. The number of amides is 1. The second-order valence-electron chi connectivity index (χ2n) is 5.23. The lowest BCUT2D eigenvalue weighted by Gasteiger charge is -2.17. The van der Waals surface area contributed by atoms with Gasteiger partial charge in [0.1, 0.15) is 11.5 Å². The molecule has 0 aliphatic rings. The normalized spacial score (nSPS) is 10.4. The Hall–Kier alpha value is -2.49. The number of hydrogen-bond acceptors (Lipinski definition) is 3. The van der Waals surface area contributed by atoms with Gasteiger partial charge in [-0.25, -0.2) is 0 Å².